The first-order valence-electron chi connectivity index (χ1n) is 7.25. The molecule has 1 aliphatic carbocycles. The fourth-order valence-corrected chi connectivity index (χ4v) is 1.66. The second-order valence-corrected chi connectivity index (χ2v) is 5.29. The van der Waals surface area contributed by atoms with E-state index in [2.05, 4.69) is 10.6 Å². The van der Waals surface area contributed by atoms with E-state index in [1.165, 1.54) is 0 Å². The van der Waals surface area contributed by atoms with Gasteiger partial charge in [0, 0.05) is 32.0 Å². The number of amides is 2. The zero-order valence-corrected chi connectivity index (χ0v) is 12.0. The lowest BCUT2D eigenvalue weighted by Gasteiger charge is -2.08. The van der Waals surface area contributed by atoms with E-state index in [9.17, 15) is 9.59 Å². The molecule has 1 fully saturated rings. The topological polar surface area (TPSA) is 67.4 Å². The number of carbonyl (C=O) groups is 2. The van der Waals surface area contributed by atoms with Gasteiger partial charge in [0.1, 0.15) is 0 Å². The van der Waals surface area contributed by atoms with Crippen LogP contribution in [0.3, 0.4) is 0 Å². The van der Waals surface area contributed by atoms with Crippen LogP contribution in [0.25, 0.3) is 0 Å². The van der Waals surface area contributed by atoms with Crippen molar-refractivity contribution in [3.63, 3.8) is 0 Å². The van der Waals surface area contributed by atoms with E-state index >= 15 is 0 Å². The number of hydrogen-bond acceptors (Lipinski definition) is 3. The van der Waals surface area contributed by atoms with E-state index < -0.39 is 0 Å². The molecule has 2 amide bonds. The summed E-state index contributed by atoms with van der Waals surface area (Å²) in [6, 6.07) is 0. The van der Waals surface area contributed by atoms with Gasteiger partial charge in [0.05, 0.1) is 6.10 Å². The van der Waals surface area contributed by atoms with Crippen LogP contribution in [-0.4, -0.2) is 37.6 Å². The normalized spacial score (nSPS) is 14.5. The molecule has 0 bridgehead atoms. The third-order valence-corrected chi connectivity index (χ3v) is 2.92. The molecule has 0 unspecified atom stereocenters. The highest BCUT2D eigenvalue weighted by Gasteiger charge is 2.28. The molecule has 1 saturated carbocycles. The third kappa shape index (κ3) is 8.59. The fraction of sp³-hybridized carbons (Fsp3) is 0.857. The number of nitrogens with one attached hydrogen (secondary N) is 2. The van der Waals surface area contributed by atoms with Crippen LogP contribution in [-0.2, 0) is 14.3 Å². The first kappa shape index (κ1) is 16.0. The number of carbonyl (C=O) groups excluding carboxylic acids is 2. The monoisotopic (exact) mass is 270 g/mol. The van der Waals surface area contributed by atoms with Crippen LogP contribution in [0.1, 0.15) is 46.0 Å². The lowest BCUT2D eigenvalue weighted by atomic mass is 10.2. The maximum absolute atomic E-state index is 11.5. The van der Waals surface area contributed by atoms with Gasteiger partial charge in [-0.25, -0.2) is 0 Å². The van der Waals surface area contributed by atoms with Crippen LogP contribution in [0.2, 0.25) is 0 Å². The standard InChI is InChI=1S/C14H26N2O3/c1-11(2)19-10-4-9-15-13(17)5-3-8-16-14(18)12-6-7-12/h11-12H,3-10H2,1-2H3,(H,15,17)(H,16,18). The molecule has 0 atom stereocenters. The van der Waals surface area contributed by atoms with Crippen LogP contribution in [0, 0.1) is 5.92 Å². The van der Waals surface area contributed by atoms with Gasteiger partial charge in [0.15, 0.2) is 0 Å². The van der Waals surface area contributed by atoms with Crippen molar-refractivity contribution in [2.75, 3.05) is 19.7 Å². The van der Waals surface area contributed by atoms with Crippen molar-refractivity contribution in [3.05, 3.63) is 0 Å². The number of rotatable bonds is 10. The molecule has 0 radical (unpaired) electrons. The summed E-state index contributed by atoms with van der Waals surface area (Å²) in [5.41, 5.74) is 0. The average Bonchev–Trinajstić information content (AvgIpc) is 3.17. The predicted octanol–water partition coefficient (Wildman–Crippen LogP) is 1.22. The molecule has 0 aromatic heterocycles. The van der Waals surface area contributed by atoms with Gasteiger partial charge in [-0.1, -0.05) is 0 Å². The van der Waals surface area contributed by atoms with Gasteiger partial charge in [-0.05, 0) is 39.5 Å². The summed E-state index contributed by atoms with van der Waals surface area (Å²) in [4.78, 5) is 22.8. The summed E-state index contributed by atoms with van der Waals surface area (Å²) in [7, 11) is 0. The Morgan fingerprint density at radius 3 is 2.47 bits per heavy atom. The largest absolute Gasteiger partial charge is 0.379 e. The van der Waals surface area contributed by atoms with Gasteiger partial charge in [0.2, 0.25) is 11.8 Å². The molecule has 0 aliphatic heterocycles. The Hall–Kier alpha value is -1.10. The Kier molecular flexibility index (Phi) is 7.48. The Labute approximate surface area is 115 Å². The summed E-state index contributed by atoms with van der Waals surface area (Å²) in [5.74, 6) is 0.436. The molecule has 0 aromatic carbocycles. The van der Waals surface area contributed by atoms with Crippen LogP contribution < -0.4 is 10.6 Å². The Bertz CT molecular complexity index is 288. The van der Waals surface area contributed by atoms with E-state index in [-0.39, 0.29) is 23.8 Å². The molecule has 0 heterocycles. The van der Waals surface area contributed by atoms with E-state index in [1.807, 2.05) is 13.8 Å². The quantitative estimate of drug-likeness (QED) is 0.587. The second kappa shape index (κ2) is 8.91. The van der Waals surface area contributed by atoms with Crippen molar-refractivity contribution in [2.45, 2.75) is 52.1 Å². The summed E-state index contributed by atoms with van der Waals surface area (Å²) in [5, 5.41) is 5.70. The Balaban J connectivity index is 1.86. The maximum atomic E-state index is 11.5. The first-order chi connectivity index (χ1) is 9.09. The summed E-state index contributed by atoms with van der Waals surface area (Å²) < 4.78 is 5.38. The van der Waals surface area contributed by atoms with Gasteiger partial charge in [-0.3, -0.25) is 9.59 Å². The van der Waals surface area contributed by atoms with Crippen LogP contribution in [0.5, 0.6) is 0 Å². The molecule has 1 rings (SSSR count). The van der Waals surface area contributed by atoms with Gasteiger partial charge >= 0.3 is 0 Å². The maximum Gasteiger partial charge on any atom is 0.223 e. The van der Waals surface area contributed by atoms with E-state index in [1.54, 1.807) is 0 Å². The molecule has 110 valence electrons. The summed E-state index contributed by atoms with van der Waals surface area (Å²) in [6.45, 7) is 5.91. The molecule has 5 heteroatoms. The van der Waals surface area contributed by atoms with E-state index in [4.69, 9.17) is 4.74 Å². The number of ether oxygens (including phenoxy) is 1. The fourth-order valence-electron chi connectivity index (χ4n) is 1.66. The molecule has 1 aliphatic rings. The molecular weight excluding hydrogens is 244 g/mol. The van der Waals surface area contributed by atoms with Gasteiger partial charge < -0.3 is 15.4 Å². The van der Waals surface area contributed by atoms with Crippen molar-refractivity contribution in [1.82, 2.24) is 10.6 Å². The molecule has 2 N–H and O–H groups in total. The highest BCUT2D eigenvalue weighted by Crippen LogP contribution is 2.28. The van der Waals surface area contributed by atoms with Gasteiger partial charge in [0.25, 0.3) is 0 Å². The highest BCUT2D eigenvalue weighted by atomic mass is 16.5. The first-order valence-corrected chi connectivity index (χ1v) is 7.25. The minimum atomic E-state index is 0.0465. The van der Waals surface area contributed by atoms with Crippen LogP contribution in [0.4, 0.5) is 0 Å². The van der Waals surface area contributed by atoms with Crippen molar-refractivity contribution in [3.8, 4) is 0 Å². The average molecular weight is 270 g/mol. The van der Waals surface area contributed by atoms with Crippen LogP contribution in [0.15, 0.2) is 0 Å². The van der Waals surface area contributed by atoms with E-state index in [0.717, 1.165) is 19.3 Å². The van der Waals surface area contributed by atoms with Crippen molar-refractivity contribution < 1.29 is 14.3 Å². The number of hydrogen-bond donors (Lipinski definition) is 2. The lowest BCUT2D eigenvalue weighted by molar-refractivity contribution is -0.123. The molecule has 0 saturated heterocycles. The molecule has 19 heavy (non-hydrogen) atoms. The minimum Gasteiger partial charge on any atom is -0.379 e. The predicted molar refractivity (Wildman–Crippen MR) is 73.7 cm³/mol. The molecular formula is C14H26N2O3. The zero-order chi connectivity index (χ0) is 14.1. The summed E-state index contributed by atoms with van der Waals surface area (Å²) >= 11 is 0. The van der Waals surface area contributed by atoms with E-state index in [0.29, 0.717) is 32.5 Å². The van der Waals surface area contributed by atoms with Crippen LogP contribution >= 0.6 is 0 Å². The van der Waals surface area contributed by atoms with Crippen molar-refractivity contribution in [2.24, 2.45) is 5.92 Å². The zero-order valence-electron chi connectivity index (χ0n) is 12.0. The van der Waals surface area contributed by atoms with Gasteiger partial charge in [-0.2, -0.15) is 0 Å². The third-order valence-electron chi connectivity index (χ3n) is 2.92. The molecule has 0 aromatic rings. The summed E-state index contributed by atoms with van der Waals surface area (Å²) in [6.07, 6.45) is 4.28. The van der Waals surface area contributed by atoms with Crippen molar-refractivity contribution in [1.29, 1.82) is 0 Å². The van der Waals surface area contributed by atoms with Crippen molar-refractivity contribution >= 4 is 11.8 Å². The second-order valence-electron chi connectivity index (χ2n) is 5.29. The Morgan fingerprint density at radius 2 is 1.84 bits per heavy atom. The highest BCUT2D eigenvalue weighted by molar-refractivity contribution is 5.81. The molecule has 0 spiro atoms. The SMILES string of the molecule is CC(C)OCCCNC(=O)CCCNC(=O)C1CC1. The Morgan fingerprint density at radius 1 is 1.16 bits per heavy atom. The lowest BCUT2D eigenvalue weighted by Crippen LogP contribution is -2.29. The molecule has 5 nitrogen and oxygen atoms in total. The smallest absolute Gasteiger partial charge is 0.223 e. The van der Waals surface area contributed by atoms with Gasteiger partial charge in [-0.15, -0.1) is 0 Å². The minimum absolute atomic E-state index is 0.0465.